The topological polar surface area (TPSA) is 134 Å². The first-order chi connectivity index (χ1) is 13.4. The molecule has 28 heavy (non-hydrogen) atoms. The molecular formula is C18H15N3O7. The number of H-pyrrole nitrogens is 1. The molecule has 0 radical (unpaired) electrons. The van der Waals surface area contributed by atoms with E-state index in [1.807, 2.05) is 0 Å². The lowest BCUT2D eigenvalue weighted by Crippen LogP contribution is -2.13. The van der Waals surface area contributed by atoms with Gasteiger partial charge in [-0.25, -0.2) is 9.78 Å². The number of nitrogens with one attached hydrogen (secondary N) is 1. The summed E-state index contributed by atoms with van der Waals surface area (Å²) in [7, 11) is 2.53. The summed E-state index contributed by atoms with van der Waals surface area (Å²) < 4.78 is 14.9. The van der Waals surface area contributed by atoms with Crippen molar-refractivity contribution < 1.29 is 23.9 Å². The van der Waals surface area contributed by atoms with Crippen LogP contribution >= 0.6 is 0 Å². The number of methoxy groups -OCH3 is 2. The first-order valence-electron chi connectivity index (χ1n) is 8.00. The van der Waals surface area contributed by atoms with Crippen LogP contribution in [0.15, 0.2) is 41.2 Å². The molecule has 0 spiro atoms. The Morgan fingerprint density at radius 2 is 1.96 bits per heavy atom. The fourth-order valence-electron chi connectivity index (χ4n) is 2.57. The number of aromatic amines is 1. The minimum Gasteiger partial charge on any atom is -0.493 e. The molecule has 2 aromatic carbocycles. The number of fused-ring (bicyclic) bond motifs is 1. The summed E-state index contributed by atoms with van der Waals surface area (Å²) in [6.45, 7) is -0.450. The lowest BCUT2D eigenvalue weighted by atomic mass is 10.1. The van der Waals surface area contributed by atoms with Gasteiger partial charge in [0.05, 0.1) is 41.7 Å². The molecule has 0 aliphatic heterocycles. The average molecular weight is 385 g/mol. The second-order valence-corrected chi connectivity index (χ2v) is 5.57. The second kappa shape index (κ2) is 7.74. The number of nitro groups is 1. The minimum atomic E-state index is -0.658. The lowest BCUT2D eigenvalue weighted by Gasteiger charge is -2.12. The zero-order valence-electron chi connectivity index (χ0n) is 14.9. The van der Waals surface area contributed by atoms with Crippen LogP contribution in [0.25, 0.3) is 22.3 Å². The number of carbonyl (C=O) groups excluding carboxylic acids is 1. The van der Waals surface area contributed by atoms with E-state index in [0.29, 0.717) is 10.9 Å². The molecule has 1 aromatic heterocycles. The van der Waals surface area contributed by atoms with E-state index in [-0.39, 0.29) is 28.6 Å². The molecule has 10 heteroatoms. The maximum absolute atomic E-state index is 12.3. The van der Waals surface area contributed by atoms with Crippen LogP contribution in [-0.4, -0.2) is 41.7 Å². The molecule has 0 unspecified atom stereocenters. The first kappa shape index (κ1) is 18.8. The second-order valence-electron chi connectivity index (χ2n) is 5.57. The van der Waals surface area contributed by atoms with Crippen LogP contribution in [0, 0.1) is 10.1 Å². The van der Waals surface area contributed by atoms with E-state index < -0.39 is 23.1 Å². The fourth-order valence-corrected chi connectivity index (χ4v) is 2.57. The molecule has 3 rings (SSSR count). The maximum Gasteiger partial charge on any atom is 0.343 e. The Morgan fingerprint density at radius 3 is 2.64 bits per heavy atom. The number of nitro benzene ring substituents is 1. The quantitative estimate of drug-likeness (QED) is 0.387. The number of benzene rings is 2. The van der Waals surface area contributed by atoms with E-state index in [0.717, 1.165) is 6.07 Å². The zero-order valence-corrected chi connectivity index (χ0v) is 14.9. The lowest BCUT2D eigenvalue weighted by molar-refractivity contribution is -0.384. The normalized spacial score (nSPS) is 10.5. The van der Waals surface area contributed by atoms with Gasteiger partial charge in [-0.3, -0.25) is 14.9 Å². The molecule has 3 aromatic rings. The highest BCUT2D eigenvalue weighted by Crippen LogP contribution is 2.38. The fraction of sp³-hybridized carbons (Fsp3) is 0.167. The van der Waals surface area contributed by atoms with Crippen LogP contribution in [-0.2, 0) is 9.53 Å². The average Bonchev–Trinajstić information content (AvgIpc) is 2.71. The third-order valence-electron chi connectivity index (χ3n) is 3.92. The number of nitrogens with zero attached hydrogens (tertiary/aromatic N) is 2. The summed E-state index contributed by atoms with van der Waals surface area (Å²) in [5.41, 5.74) is -0.380. The van der Waals surface area contributed by atoms with Crippen molar-refractivity contribution in [3.05, 3.63) is 56.9 Å². The van der Waals surface area contributed by atoms with Crippen molar-refractivity contribution in [3.8, 4) is 22.9 Å². The highest BCUT2D eigenvalue weighted by Gasteiger charge is 2.23. The summed E-state index contributed by atoms with van der Waals surface area (Å²) in [5, 5.41) is 11.9. The van der Waals surface area contributed by atoms with Crippen molar-refractivity contribution in [3.63, 3.8) is 0 Å². The van der Waals surface area contributed by atoms with E-state index in [1.165, 1.54) is 20.3 Å². The van der Waals surface area contributed by atoms with Crippen molar-refractivity contribution >= 4 is 22.6 Å². The molecule has 0 fully saturated rings. The Kier molecular flexibility index (Phi) is 5.21. The van der Waals surface area contributed by atoms with Crippen LogP contribution in [0.5, 0.6) is 11.5 Å². The smallest absolute Gasteiger partial charge is 0.343 e. The Hall–Kier alpha value is -3.95. The van der Waals surface area contributed by atoms with E-state index in [4.69, 9.17) is 9.47 Å². The number of esters is 1. The third kappa shape index (κ3) is 3.61. The summed E-state index contributed by atoms with van der Waals surface area (Å²) >= 11 is 0. The molecule has 0 saturated heterocycles. The Labute approximate surface area is 157 Å². The predicted molar refractivity (Wildman–Crippen MR) is 98.5 cm³/mol. The zero-order chi connectivity index (χ0) is 20.3. The predicted octanol–water partition coefficient (Wildman–Crippen LogP) is 2.06. The molecule has 0 bridgehead atoms. The molecule has 0 saturated carbocycles. The number of rotatable bonds is 6. The monoisotopic (exact) mass is 385 g/mol. The van der Waals surface area contributed by atoms with Gasteiger partial charge in [0.15, 0.2) is 18.1 Å². The van der Waals surface area contributed by atoms with Gasteiger partial charge in [0.2, 0.25) is 0 Å². The highest BCUT2D eigenvalue weighted by molar-refractivity contribution is 5.81. The van der Waals surface area contributed by atoms with Gasteiger partial charge in [-0.1, -0.05) is 12.1 Å². The van der Waals surface area contributed by atoms with E-state index in [9.17, 15) is 19.7 Å². The van der Waals surface area contributed by atoms with Gasteiger partial charge < -0.3 is 19.2 Å². The molecular weight excluding hydrogens is 370 g/mol. The van der Waals surface area contributed by atoms with Gasteiger partial charge in [0, 0.05) is 6.07 Å². The summed E-state index contributed by atoms with van der Waals surface area (Å²) in [6, 6.07) is 9.05. The first-order valence-corrected chi connectivity index (χ1v) is 8.00. The van der Waals surface area contributed by atoms with Crippen LogP contribution in [0.2, 0.25) is 0 Å². The summed E-state index contributed by atoms with van der Waals surface area (Å²) in [6.07, 6.45) is 0. The number of carbonyl (C=O) groups is 1. The summed E-state index contributed by atoms with van der Waals surface area (Å²) in [4.78, 5) is 41.4. The molecule has 0 amide bonds. The SMILES string of the molecule is COC(=O)COc1cc([N+](=O)[O-])c(-c2nc3ccccc3c(=O)[nH]2)cc1OC. The number of hydrogen-bond donors (Lipinski definition) is 1. The minimum absolute atomic E-state index is 0.00761. The van der Waals surface area contributed by atoms with Crippen LogP contribution in [0.4, 0.5) is 5.69 Å². The molecule has 144 valence electrons. The van der Waals surface area contributed by atoms with Gasteiger partial charge >= 0.3 is 5.97 Å². The van der Waals surface area contributed by atoms with E-state index in [2.05, 4.69) is 14.7 Å². The van der Waals surface area contributed by atoms with Gasteiger partial charge in [0.1, 0.15) is 5.82 Å². The number of hydrogen-bond acceptors (Lipinski definition) is 8. The van der Waals surface area contributed by atoms with Gasteiger partial charge in [0.25, 0.3) is 11.2 Å². The van der Waals surface area contributed by atoms with Crippen molar-refractivity contribution in [1.29, 1.82) is 0 Å². The molecule has 1 N–H and O–H groups in total. The van der Waals surface area contributed by atoms with Gasteiger partial charge in [-0.15, -0.1) is 0 Å². The molecule has 0 atom stereocenters. The van der Waals surface area contributed by atoms with E-state index in [1.54, 1.807) is 24.3 Å². The number of para-hydroxylation sites is 1. The number of ether oxygens (including phenoxy) is 3. The van der Waals surface area contributed by atoms with Crippen molar-refractivity contribution in [1.82, 2.24) is 9.97 Å². The third-order valence-corrected chi connectivity index (χ3v) is 3.92. The Morgan fingerprint density at radius 1 is 1.21 bits per heavy atom. The largest absolute Gasteiger partial charge is 0.493 e. The van der Waals surface area contributed by atoms with Crippen molar-refractivity contribution in [2.45, 2.75) is 0 Å². The van der Waals surface area contributed by atoms with Crippen molar-refractivity contribution in [2.75, 3.05) is 20.8 Å². The van der Waals surface area contributed by atoms with Crippen LogP contribution in [0.1, 0.15) is 0 Å². The molecule has 0 aliphatic carbocycles. The van der Waals surface area contributed by atoms with Gasteiger partial charge in [-0.2, -0.15) is 0 Å². The van der Waals surface area contributed by atoms with E-state index >= 15 is 0 Å². The van der Waals surface area contributed by atoms with Crippen LogP contribution < -0.4 is 15.0 Å². The molecule has 1 heterocycles. The molecule has 10 nitrogen and oxygen atoms in total. The maximum atomic E-state index is 12.3. The summed E-state index contributed by atoms with van der Waals surface area (Å²) in [5.74, 6) is -0.547. The molecule has 0 aliphatic rings. The Balaban J connectivity index is 2.16. The standard InChI is InChI=1S/C18H15N3O7/c1-26-14-7-11(13(21(24)25)8-15(14)28-9-16(22)27-2)17-19-12-6-4-3-5-10(12)18(23)20-17/h3-8H,9H2,1-2H3,(H,19,20,23). The highest BCUT2D eigenvalue weighted by atomic mass is 16.6. The van der Waals surface area contributed by atoms with Crippen LogP contribution in [0.3, 0.4) is 0 Å². The van der Waals surface area contributed by atoms with Gasteiger partial charge in [-0.05, 0) is 12.1 Å². The van der Waals surface area contributed by atoms with Crippen molar-refractivity contribution in [2.24, 2.45) is 0 Å². The number of aromatic nitrogens is 2. The Bertz CT molecular complexity index is 1120.